The van der Waals surface area contributed by atoms with E-state index in [0.717, 1.165) is 31.5 Å². The third-order valence-electron chi connectivity index (χ3n) is 4.51. The number of fused-ring (bicyclic) bond motifs is 1. The highest BCUT2D eigenvalue weighted by Crippen LogP contribution is 2.34. The number of hydrogen-bond donors (Lipinski definition) is 1. The van der Waals surface area contributed by atoms with Gasteiger partial charge >= 0.3 is 0 Å². The van der Waals surface area contributed by atoms with E-state index in [0.29, 0.717) is 21.8 Å². The molecule has 1 heterocycles. The number of phenolic OH excluding ortho intramolecular Hbond substituents is 1. The average Bonchev–Trinajstić information content (AvgIpc) is 2.51. The van der Waals surface area contributed by atoms with Crippen LogP contribution in [0.25, 0.3) is 0 Å². The van der Waals surface area contributed by atoms with E-state index in [1.54, 1.807) is 6.07 Å². The Morgan fingerprint density at radius 3 is 2.70 bits per heavy atom. The molecule has 0 bridgehead atoms. The number of phenols is 1. The zero-order valence-corrected chi connectivity index (χ0v) is 15.3. The third kappa shape index (κ3) is 3.95. The van der Waals surface area contributed by atoms with Gasteiger partial charge in [0.1, 0.15) is 5.75 Å². The van der Waals surface area contributed by atoms with Gasteiger partial charge in [0.15, 0.2) is 0 Å². The maximum absolute atomic E-state index is 9.98. The number of halogens is 3. The summed E-state index contributed by atoms with van der Waals surface area (Å²) in [6.45, 7) is 4.13. The minimum atomic E-state index is 0. The topological polar surface area (TPSA) is 23.5 Å². The highest BCUT2D eigenvalue weighted by atomic mass is 35.5. The van der Waals surface area contributed by atoms with Crippen molar-refractivity contribution in [2.24, 2.45) is 0 Å². The summed E-state index contributed by atoms with van der Waals surface area (Å²) in [6, 6.07) is 12.0. The molecule has 1 N–H and O–H groups in total. The highest BCUT2D eigenvalue weighted by Gasteiger charge is 2.25. The number of hydrogen-bond acceptors (Lipinski definition) is 2. The maximum atomic E-state index is 9.98. The largest absolute Gasteiger partial charge is 0.508 e. The van der Waals surface area contributed by atoms with E-state index in [9.17, 15) is 5.11 Å². The summed E-state index contributed by atoms with van der Waals surface area (Å²) >= 11 is 12.0. The Morgan fingerprint density at radius 1 is 1.17 bits per heavy atom. The fourth-order valence-electron chi connectivity index (χ4n) is 3.17. The zero-order chi connectivity index (χ0) is 15.7. The normalized spacial score (nSPS) is 17.4. The van der Waals surface area contributed by atoms with Gasteiger partial charge in [-0.05, 0) is 54.7 Å². The van der Waals surface area contributed by atoms with E-state index < -0.39 is 0 Å². The molecule has 1 aliphatic heterocycles. The molecule has 1 atom stereocenters. The maximum Gasteiger partial charge on any atom is 0.119 e. The van der Waals surface area contributed by atoms with Crippen LogP contribution in [0.4, 0.5) is 0 Å². The van der Waals surface area contributed by atoms with Crippen LogP contribution in [0.3, 0.4) is 0 Å². The third-order valence-corrected chi connectivity index (χ3v) is 5.25. The van der Waals surface area contributed by atoms with Crippen molar-refractivity contribution in [3.05, 3.63) is 63.1 Å². The molecule has 3 rings (SSSR count). The Balaban J connectivity index is 0.00000192. The second-order valence-electron chi connectivity index (χ2n) is 5.81. The van der Waals surface area contributed by atoms with Crippen molar-refractivity contribution in [1.82, 2.24) is 4.90 Å². The van der Waals surface area contributed by atoms with Crippen LogP contribution >= 0.6 is 35.6 Å². The summed E-state index contributed by atoms with van der Waals surface area (Å²) in [6.07, 6.45) is 1.84. The van der Waals surface area contributed by atoms with Crippen molar-refractivity contribution < 1.29 is 5.11 Å². The van der Waals surface area contributed by atoms with Crippen LogP contribution in [0.2, 0.25) is 10.0 Å². The van der Waals surface area contributed by atoms with Crippen molar-refractivity contribution in [3.63, 3.8) is 0 Å². The van der Waals surface area contributed by atoms with Gasteiger partial charge in [0.05, 0.1) is 10.0 Å². The first-order valence-electron chi connectivity index (χ1n) is 7.55. The minimum Gasteiger partial charge on any atom is -0.508 e. The Bertz CT molecular complexity index is 690. The monoisotopic (exact) mass is 371 g/mol. The lowest BCUT2D eigenvalue weighted by Gasteiger charge is -2.35. The first kappa shape index (κ1) is 18.4. The van der Waals surface area contributed by atoms with Gasteiger partial charge in [-0.3, -0.25) is 4.90 Å². The molecule has 0 saturated carbocycles. The predicted octanol–water partition coefficient (Wildman–Crippen LogP) is 5.28. The lowest BCUT2D eigenvalue weighted by Crippen LogP contribution is -2.35. The summed E-state index contributed by atoms with van der Waals surface area (Å²) < 4.78 is 0. The molecular weight excluding hydrogens is 353 g/mol. The van der Waals surface area contributed by atoms with Crippen LogP contribution in [0.15, 0.2) is 36.4 Å². The van der Waals surface area contributed by atoms with Crippen LogP contribution < -0.4 is 0 Å². The van der Waals surface area contributed by atoms with Crippen LogP contribution in [0, 0.1) is 0 Å². The smallest absolute Gasteiger partial charge is 0.119 e. The van der Waals surface area contributed by atoms with Gasteiger partial charge in [0.2, 0.25) is 0 Å². The van der Waals surface area contributed by atoms with E-state index in [2.05, 4.69) is 17.9 Å². The quantitative estimate of drug-likeness (QED) is 0.792. The van der Waals surface area contributed by atoms with Crippen molar-refractivity contribution in [3.8, 4) is 5.75 Å². The van der Waals surface area contributed by atoms with Gasteiger partial charge in [0, 0.05) is 19.1 Å². The lowest BCUT2D eigenvalue weighted by molar-refractivity contribution is 0.199. The summed E-state index contributed by atoms with van der Waals surface area (Å²) in [5.41, 5.74) is 3.53. The van der Waals surface area contributed by atoms with Crippen molar-refractivity contribution in [2.45, 2.75) is 25.8 Å². The first-order valence-corrected chi connectivity index (χ1v) is 8.30. The summed E-state index contributed by atoms with van der Waals surface area (Å²) in [5.74, 6) is 0.425. The summed E-state index contributed by atoms with van der Waals surface area (Å²) in [7, 11) is 0. The molecule has 0 saturated heterocycles. The van der Waals surface area contributed by atoms with Crippen molar-refractivity contribution in [1.29, 1.82) is 0 Å². The number of rotatable bonds is 3. The second kappa shape index (κ2) is 7.76. The molecule has 124 valence electrons. The van der Waals surface area contributed by atoms with Gasteiger partial charge in [-0.15, -0.1) is 12.4 Å². The second-order valence-corrected chi connectivity index (χ2v) is 6.62. The molecule has 0 aliphatic carbocycles. The zero-order valence-electron chi connectivity index (χ0n) is 12.9. The van der Waals surface area contributed by atoms with Crippen molar-refractivity contribution in [2.75, 3.05) is 13.1 Å². The van der Waals surface area contributed by atoms with Crippen molar-refractivity contribution >= 4 is 35.6 Å². The fraction of sp³-hybridized carbons (Fsp3) is 0.333. The van der Waals surface area contributed by atoms with Crippen LogP contribution in [-0.2, 0) is 12.8 Å². The molecule has 2 aromatic carbocycles. The van der Waals surface area contributed by atoms with Gasteiger partial charge < -0.3 is 5.11 Å². The van der Waals surface area contributed by atoms with E-state index in [1.807, 2.05) is 24.3 Å². The fourth-order valence-corrected chi connectivity index (χ4v) is 3.50. The molecule has 0 fully saturated rings. The Labute approximate surface area is 153 Å². The molecule has 2 aromatic rings. The molecular formula is C18H20Cl3NO. The van der Waals surface area contributed by atoms with Crippen LogP contribution in [0.5, 0.6) is 5.75 Å². The van der Waals surface area contributed by atoms with E-state index in [4.69, 9.17) is 23.2 Å². The van der Waals surface area contributed by atoms with E-state index >= 15 is 0 Å². The molecule has 23 heavy (non-hydrogen) atoms. The molecule has 0 aromatic heterocycles. The van der Waals surface area contributed by atoms with E-state index in [1.165, 1.54) is 11.1 Å². The molecule has 2 nitrogen and oxygen atoms in total. The average molecular weight is 373 g/mol. The van der Waals surface area contributed by atoms with Gasteiger partial charge in [0.25, 0.3) is 0 Å². The number of aromatic hydroxyl groups is 1. The molecule has 0 amide bonds. The van der Waals surface area contributed by atoms with Gasteiger partial charge in [-0.25, -0.2) is 0 Å². The summed E-state index contributed by atoms with van der Waals surface area (Å²) in [5, 5.41) is 11.2. The Kier molecular flexibility index (Phi) is 6.21. The summed E-state index contributed by atoms with van der Waals surface area (Å²) in [4.78, 5) is 2.45. The minimum absolute atomic E-state index is 0. The van der Waals surface area contributed by atoms with Gasteiger partial charge in [-0.1, -0.05) is 41.4 Å². The number of nitrogens with zero attached hydrogens (tertiary/aromatic N) is 1. The molecule has 0 radical (unpaired) electrons. The van der Waals surface area contributed by atoms with Crippen LogP contribution in [0.1, 0.15) is 29.7 Å². The Hall–Kier alpha value is -0.930. The molecule has 1 unspecified atom stereocenters. The van der Waals surface area contributed by atoms with Crippen LogP contribution in [-0.4, -0.2) is 23.1 Å². The van der Waals surface area contributed by atoms with E-state index in [-0.39, 0.29) is 12.4 Å². The van der Waals surface area contributed by atoms with Gasteiger partial charge in [-0.2, -0.15) is 0 Å². The SMILES string of the molecule is CC1c2cccc(O)c2CCN1CCc1ccc(Cl)c(Cl)c1.Cl. The lowest BCUT2D eigenvalue weighted by atomic mass is 9.92. The molecule has 5 heteroatoms. The first-order chi connectivity index (χ1) is 10.6. The molecule has 0 spiro atoms. The molecule has 1 aliphatic rings. The number of benzene rings is 2. The predicted molar refractivity (Wildman–Crippen MR) is 99.2 cm³/mol. The Morgan fingerprint density at radius 2 is 1.96 bits per heavy atom. The standard InChI is InChI=1S/C18H19Cl2NO.ClH/c1-12-14-3-2-4-18(22)15(14)8-10-21(12)9-7-13-5-6-16(19)17(20)11-13;/h2-6,11-12,22H,7-10H2,1H3;1H. The highest BCUT2D eigenvalue weighted by molar-refractivity contribution is 6.42.